The van der Waals surface area contributed by atoms with Crippen LogP contribution < -0.4 is 11.1 Å². The fraction of sp³-hybridized carbons (Fsp3) is 0.933. The van der Waals surface area contributed by atoms with Gasteiger partial charge in [-0.25, -0.2) is 0 Å². The molecule has 20 heavy (non-hydrogen) atoms. The number of nitrogens with one attached hydrogen (secondary N) is 1. The fourth-order valence-corrected chi connectivity index (χ4v) is 2.95. The van der Waals surface area contributed by atoms with Crippen molar-refractivity contribution < 1.29 is 15.0 Å². The first-order chi connectivity index (χ1) is 9.63. The molecule has 0 amide bonds. The molecule has 2 fully saturated rings. The summed E-state index contributed by atoms with van der Waals surface area (Å²) in [5.41, 5.74) is 4.77. The zero-order valence-electron chi connectivity index (χ0n) is 12.4. The van der Waals surface area contributed by atoms with Gasteiger partial charge in [-0.3, -0.25) is 4.79 Å². The molecule has 5 nitrogen and oxygen atoms in total. The molecule has 0 saturated heterocycles. The van der Waals surface area contributed by atoms with Crippen molar-refractivity contribution in [3.05, 3.63) is 0 Å². The lowest BCUT2D eigenvalue weighted by molar-refractivity contribution is -0.139. The molecular weight excluding hydrogens is 256 g/mol. The molecule has 118 valence electrons. The molecule has 2 aliphatic rings. The summed E-state index contributed by atoms with van der Waals surface area (Å²) in [5.74, 6) is -1.18. The van der Waals surface area contributed by atoms with Crippen LogP contribution in [0.4, 0.5) is 0 Å². The second-order valence-electron chi connectivity index (χ2n) is 5.96. The van der Waals surface area contributed by atoms with Gasteiger partial charge in [0.1, 0.15) is 6.04 Å². The number of aliphatic carboxylic acids is 1. The van der Waals surface area contributed by atoms with E-state index in [0.29, 0.717) is 0 Å². The number of carbonyl (C=O) groups is 1. The van der Waals surface area contributed by atoms with Crippen molar-refractivity contribution in [2.24, 2.45) is 5.73 Å². The summed E-state index contributed by atoms with van der Waals surface area (Å²) in [6, 6.07) is 0.619. The van der Waals surface area contributed by atoms with Gasteiger partial charge in [0.15, 0.2) is 0 Å². The molecule has 5 N–H and O–H groups in total. The molecule has 0 aromatic rings. The van der Waals surface area contributed by atoms with Crippen molar-refractivity contribution >= 4 is 5.97 Å². The third-order valence-corrected chi connectivity index (χ3v) is 4.20. The summed E-state index contributed by atoms with van der Waals surface area (Å²) in [6.45, 7) is -0.505. The van der Waals surface area contributed by atoms with Crippen molar-refractivity contribution in [3.8, 4) is 0 Å². The van der Waals surface area contributed by atoms with E-state index in [1.54, 1.807) is 0 Å². The van der Waals surface area contributed by atoms with E-state index in [1.807, 2.05) is 0 Å². The second-order valence-corrected chi connectivity index (χ2v) is 5.96. The van der Waals surface area contributed by atoms with Gasteiger partial charge in [-0.05, 0) is 25.7 Å². The van der Waals surface area contributed by atoms with E-state index in [2.05, 4.69) is 5.32 Å². The van der Waals surface area contributed by atoms with Crippen LogP contribution in [0.15, 0.2) is 0 Å². The second kappa shape index (κ2) is 10.1. The Morgan fingerprint density at radius 2 is 1.40 bits per heavy atom. The Bertz CT molecular complexity index is 246. The Morgan fingerprint density at radius 3 is 1.65 bits per heavy atom. The summed E-state index contributed by atoms with van der Waals surface area (Å²) in [6.07, 6.45) is 14.6. The van der Waals surface area contributed by atoms with Gasteiger partial charge in [0.25, 0.3) is 0 Å². The van der Waals surface area contributed by atoms with E-state index in [1.165, 1.54) is 64.2 Å². The van der Waals surface area contributed by atoms with Gasteiger partial charge in [0.05, 0.1) is 6.61 Å². The molecular formula is C15H30N2O3. The number of carboxylic acids is 1. The molecule has 0 unspecified atom stereocenters. The minimum atomic E-state index is -1.18. The Morgan fingerprint density at radius 1 is 1.00 bits per heavy atom. The van der Waals surface area contributed by atoms with E-state index in [4.69, 9.17) is 15.9 Å². The maximum Gasteiger partial charge on any atom is 0.322 e. The van der Waals surface area contributed by atoms with Crippen LogP contribution in [0.5, 0.6) is 0 Å². The highest BCUT2D eigenvalue weighted by molar-refractivity contribution is 5.73. The summed E-state index contributed by atoms with van der Waals surface area (Å²) in [4.78, 5) is 9.65. The van der Waals surface area contributed by atoms with Gasteiger partial charge in [0, 0.05) is 12.1 Å². The third kappa shape index (κ3) is 7.22. The lowest BCUT2D eigenvalue weighted by Crippen LogP contribution is -2.40. The van der Waals surface area contributed by atoms with E-state index in [0.717, 1.165) is 12.1 Å². The quantitative estimate of drug-likeness (QED) is 0.630. The number of rotatable bonds is 4. The van der Waals surface area contributed by atoms with E-state index in [-0.39, 0.29) is 0 Å². The Hall–Kier alpha value is -0.650. The largest absolute Gasteiger partial charge is 0.480 e. The van der Waals surface area contributed by atoms with Crippen molar-refractivity contribution in [2.75, 3.05) is 6.61 Å². The van der Waals surface area contributed by atoms with E-state index < -0.39 is 18.6 Å². The minimum Gasteiger partial charge on any atom is -0.480 e. The van der Waals surface area contributed by atoms with Gasteiger partial charge in [-0.15, -0.1) is 0 Å². The lowest BCUT2D eigenvalue weighted by Gasteiger charge is -2.30. The van der Waals surface area contributed by atoms with Gasteiger partial charge >= 0.3 is 5.97 Å². The van der Waals surface area contributed by atoms with Crippen molar-refractivity contribution in [2.45, 2.75) is 82.3 Å². The van der Waals surface area contributed by atoms with Crippen LogP contribution in [0.3, 0.4) is 0 Å². The first-order valence-electron chi connectivity index (χ1n) is 7.98. The average Bonchev–Trinajstić information content (AvgIpc) is 2.49. The number of hydrogen-bond donors (Lipinski definition) is 4. The van der Waals surface area contributed by atoms with Crippen molar-refractivity contribution in [3.63, 3.8) is 0 Å². The normalized spacial score (nSPS) is 22.7. The molecule has 0 bridgehead atoms. The van der Waals surface area contributed by atoms with Crippen LogP contribution in [0.25, 0.3) is 0 Å². The van der Waals surface area contributed by atoms with Gasteiger partial charge in [0.2, 0.25) is 0 Å². The van der Waals surface area contributed by atoms with Crippen LogP contribution in [0, 0.1) is 0 Å². The minimum absolute atomic E-state index is 0.505. The zero-order chi connectivity index (χ0) is 14.8. The Balaban J connectivity index is 0.000000246. The highest BCUT2D eigenvalue weighted by Gasteiger charge is 2.19. The number of hydrogen-bond acceptors (Lipinski definition) is 4. The molecule has 5 heteroatoms. The lowest BCUT2D eigenvalue weighted by atomic mass is 9.91. The van der Waals surface area contributed by atoms with Crippen LogP contribution >= 0.6 is 0 Å². The van der Waals surface area contributed by atoms with Crippen molar-refractivity contribution in [1.82, 2.24) is 5.32 Å². The van der Waals surface area contributed by atoms with Crippen LogP contribution in [0.1, 0.15) is 64.2 Å². The highest BCUT2D eigenvalue weighted by atomic mass is 16.4. The molecule has 2 aliphatic carbocycles. The average molecular weight is 286 g/mol. The molecule has 2 rings (SSSR count). The first kappa shape index (κ1) is 17.4. The third-order valence-electron chi connectivity index (χ3n) is 4.20. The van der Waals surface area contributed by atoms with Gasteiger partial charge < -0.3 is 21.3 Å². The maximum absolute atomic E-state index is 9.65. The topological polar surface area (TPSA) is 95.6 Å². The molecule has 0 aromatic carbocycles. The summed E-state index contributed by atoms with van der Waals surface area (Å²) < 4.78 is 0. The molecule has 1 atom stereocenters. The number of nitrogens with two attached hydrogens (primary N) is 1. The smallest absolute Gasteiger partial charge is 0.322 e. The molecule has 0 aliphatic heterocycles. The zero-order valence-corrected chi connectivity index (χ0v) is 12.4. The Kier molecular flexibility index (Phi) is 8.82. The summed E-state index contributed by atoms with van der Waals surface area (Å²) in [5, 5.41) is 19.8. The predicted molar refractivity (Wildman–Crippen MR) is 79.6 cm³/mol. The SMILES string of the molecule is C1CCC(NC2CCCCC2)CC1.N[C@@H](CO)C(=O)O. The van der Waals surface area contributed by atoms with E-state index in [9.17, 15) is 4.79 Å². The van der Waals surface area contributed by atoms with Crippen LogP contribution in [-0.2, 0) is 4.79 Å². The van der Waals surface area contributed by atoms with Crippen LogP contribution in [-0.4, -0.2) is 40.9 Å². The first-order valence-corrected chi connectivity index (χ1v) is 7.98. The fourth-order valence-electron chi connectivity index (χ4n) is 2.95. The maximum atomic E-state index is 9.65. The number of aliphatic hydroxyl groups excluding tert-OH is 1. The predicted octanol–water partition coefficient (Wildman–Crippen LogP) is 1.63. The summed E-state index contributed by atoms with van der Waals surface area (Å²) in [7, 11) is 0. The standard InChI is InChI=1S/C12H23N.C3H7NO3/c1-3-7-11(8-4-1)13-12-9-5-2-6-10-12;4-2(1-5)3(6)7/h11-13H,1-10H2;2,5H,1,4H2,(H,6,7)/t;2-/m.0/s1. The van der Waals surface area contributed by atoms with Gasteiger partial charge in [-0.1, -0.05) is 38.5 Å². The Labute approximate surface area is 121 Å². The molecule has 0 aromatic heterocycles. The monoisotopic (exact) mass is 286 g/mol. The van der Waals surface area contributed by atoms with Crippen LogP contribution in [0.2, 0.25) is 0 Å². The molecule has 0 heterocycles. The van der Waals surface area contributed by atoms with E-state index >= 15 is 0 Å². The van der Waals surface area contributed by atoms with Gasteiger partial charge in [-0.2, -0.15) is 0 Å². The number of carboxylic acid groups (broad SMARTS) is 1. The highest BCUT2D eigenvalue weighted by Crippen LogP contribution is 2.22. The molecule has 0 spiro atoms. The molecule has 2 saturated carbocycles. The van der Waals surface area contributed by atoms with Crippen molar-refractivity contribution in [1.29, 1.82) is 0 Å². The molecule has 0 radical (unpaired) electrons. The number of aliphatic hydroxyl groups is 1. The summed E-state index contributed by atoms with van der Waals surface area (Å²) >= 11 is 0.